The molecule has 0 aromatic carbocycles. The van der Waals surface area contributed by atoms with Crippen molar-refractivity contribution >= 4 is 11.1 Å². The molecular formula is C12H21O2S-. The Bertz CT molecular complexity index is 215. The van der Waals surface area contributed by atoms with Gasteiger partial charge in [0, 0.05) is 17.5 Å². The van der Waals surface area contributed by atoms with Crippen molar-refractivity contribution in [1.82, 2.24) is 0 Å². The Morgan fingerprint density at radius 1 is 1.00 bits per heavy atom. The molecule has 1 unspecified atom stereocenters. The lowest BCUT2D eigenvalue weighted by molar-refractivity contribution is 0.548. The van der Waals surface area contributed by atoms with E-state index in [9.17, 15) is 8.76 Å². The molecule has 0 amide bonds. The number of rotatable bonds is 8. The smallest absolute Gasteiger partial charge is 0.0247 e. The molecule has 2 nitrogen and oxygen atoms in total. The molecule has 0 saturated carbocycles. The molecule has 0 spiro atoms. The fourth-order valence-electron chi connectivity index (χ4n) is 1.46. The van der Waals surface area contributed by atoms with Gasteiger partial charge in [-0.2, -0.15) is 0 Å². The first kappa shape index (κ1) is 14.7. The van der Waals surface area contributed by atoms with Crippen LogP contribution in [0.2, 0.25) is 0 Å². The van der Waals surface area contributed by atoms with Crippen molar-refractivity contribution in [3.63, 3.8) is 0 Å². The Labute approximate surface area is 96.1 Å². The van der Waals surface area contributed by atoms with Crippen LogP contribution in [0.1, 0.15) is 64.7 Å². The van der Waals surface area contributed by atoms with Crippen molar-refractivity contribution in [3.05, 3.63) is 0 Å². The topological polar surface area (TPSA) is 40.1 Å². The first-order valence-electron chi connectivity index (χ1n) is 5.85. The van der Waals surface area contributed by atoms with Gasteiger partial charge in [-0.05, 0) is 11.7 Å². The van der Waals surface area contributed by atoms with Gasteiger partial charge in [-0.25, -0.2) is 0 Å². The summed E-state index contributed by atoms with van der Waals surface area (Å²) >= 11 is -2.19. The van der Waals surface area contributed by atoms with Gasteiger partial charge in [0.25, 0.3) is 0 Å². The van der Waals surface area contributed by atoms with Crippen molar-refractivity contribution in [2.75, 3.05) is 0 Å². The third kappa shape index (κ3) is 13.7. The Morgan fingerprint density at radius 3 is 2.07 bits per heavy atom. The molecule has 0 radical (unpaired) electrons. The van der Waals surface area contributed by atoms with Gasteiger partial charge < -0.3 is 4.55 Å². The summed E-state index contributed by atoms with van der Waals surface area (Å²) in [6, 6.07) is 0. The predicted octanol–water partition coefficient (Wildman–Crippen LogP) is 3.36. The standard InChI is InChI=1S/C12H22O2S/c1-2-3-4-5-6-7-8-9-10-11-12-15(13)14/h2-10H2,1H3,(H,13,14)/p-1. The first-order chi connectivity index (χ1) is 7.27. The van der Waals surface area contributed by atoms with E-state index in [0.717, 1.165) is 6.42 Å². The molecule has 88 valence electrons. The molecule has 0 saturated heterocycles. The van der Waals surface area contributed by atoms with Gasteiger partial charge >= 0.3 is 0 Å². The van der Waals surface area contributed by atoms with Gasteiger partial charge in [-0.3, -0.25) is 4.21 Å². The van der Waals surface area contributed by atoms with Crippen molar-refractivity contribution in [2.45, 2.75) is 64.7 Å². The molecule has 0 aromatic heterocycles. The highest BCUT2D eigenvalue weighted by atomic mass is 32.2. The van der Waals surface area contributed by atoms with Crippen LogP contribution >= 0.6 is 0 Å². The fraction of sp³-hybridized carbons (Fsp3) is 0.833. The first-order valence-corrected chi connectivity index (χ1v) is 6.92. The average molecular weight is 229 g/mol. The second-order valence-electron chi connectivity index (χ2n) is 3.74. The maximum Gasteiger partial charge on any atom is 0.0247 e. The molecule has 0 fully saturated rings. The summed E-state index contributed by atoms with van der Waals surface area (Å²) in [7, 11) is 0. The van der Waals surface area contributed by atoms with E-state index in [1.54, 1.807) is 0 Å². The maximum atomic E-state index is 10.1. The normalized spacial score (nSPS) is 11.9. The second-order valence-corrected chi connectivity index (χ2v) is 4.41. The molecule has 0 aromatic rings. The van der Waals surface area contributed by atoms with Gasteiger partial charge in [-0.1, -0.05) is 57.8 Å². The summed E-state index contributed by atoms with van der Waals surface area (Å²) in [6.45, 7) is 2.22. The zero-order valence-corrected chi connectivity index (χ0v) is 10.4. The Balaban J connectivity index is 3.06. The minimum absolute atomic E-state index is 0.711. The predicted molar refractivity (Wildman–Crippen MR) is 63.9 cm³/mol. The summed E-state index contributed by atoms with van der Waals surface area (Å²) < 4.78 is 20.1. The molecule has 0 aliphatic carbocycles. The maximum absolute atomic E-state index is 10.1. The molecule has 15 heavy (non-hydrogen) atoms. The molecule has 0 aliphatic rings. The van der Waals surface area contributed by atoms with Crippen molar-refractivity contribution < 1.29 is 8.76 Å². The van der Waals surface area contributed by atoms with Crippen LogP contribution in [0.5, 0.6) is 0 Å². The summed E-state index contributed by atoms with van der Waals surface area (Å²) in [4.78, 5) is 0. The zero-order chi connectivity index (χ0) is 11.4. The average Bonchev–Trinajstić information content (AvgIpc) is 2.20. The summed E-state index contributed by atoms with van der Waals surface area (Å²) in [5.74, 6) is 2.63. The van der Waals surface area contributed by atoms with Crippen molar-refractivity contribution in [2.24, 2.45) is 0 Å². The molecule has 0 bridgehead atoms. The van der Waals surface area contributed by atoms with Crippen molar-refractivity contribution in [1.29, 1.82) is 0 Å². The largest absolute Gasteiger partial charge is 0.762 e. The quantitative estimate of drug-likeness (QED) is 0.364. The lowest BCUT2D eigenvalue weighted by atomic mass is 10.1. The van der Waals surface area contributed by atoms with E-state index < -0.39 is 11.1 Å². The van der Waals surface area contributed by atoms with E-state index in [-0.39, 0.29) is 0 Å². The van der Waals surface area contributed by atoms with E-state index in [0.29, 0.717) is 6.42 Å². The van der Waals surface area contributed by atoms with Gasteiger partial charge in [0.05, 0.1) is 0 Å². The molecule has 0 rings (SSSR count). The molecule has 0 aliphatic heterocycles. The highest BCUT2D eigenvalue weighted by Crippen LogP contribution is 2.08. The molecular weight excluding hydrogens is 208 g/mol. The van der Waals surface area contributed by atoms with Crippen LogP contribution in [-0.4, -0.2) is 8.76 Å². The van der Waals surface area contributed by atoms with Crippen LogP contribution in [0.4, 0.5) is 0 Å². The second kappa shape index (κ2) is 11.7. The van der Waals surface area contributed by atoms with Crippen LogP contribution in [-0.2, 0) is 11.1 Å². The van der Waals surface area contributed by atoms with Crippen molar-refractivity contribution in [3.8, 4) is 11.2 Å². The highest BCUT2D eigenvalue weighted by molar-refractivity contribution is 7.84. The number of unbranched alkanes of at least 4 members (excludes halogenated alkanes) is 8. The minimum Gasteiger partial charge on any atom is -0.762 e. The molecule has 3 heteroatoms. The number of hydrogen-bond donors (Lipinski definition) is 0. The van der Waals surface area contributed by atoms with Crippen LogP contribution in [0, 0.1) is 11.2 Å². The van der Waals surface area contributed by atoms with Gasteiger partial charge in [-0.15, -0.1) is 0 Å². The van der Waals surface area contributed by atoms with E-state index in [2.05, 4.69) is 18.1 Å². The van der Waals surface area contributed by atoms with Crippen LogP contribution in [0.25, 0.3) is 0 Å². The SMILES string of the molecule is CCCCCCCCCCC#CS(=O)[O-]. The third-order valence-corrected chi connectivity index (χ3v) is 2.62. The van der Waals surface area contributed by atoms with E-state index in [4.69, 9.17) is 0 Å². The Morgan fingerprint density at radius 2 is 1.53 bits per heavy atom. The molecule has 1 atom stereocenters. The van der Waals surface area contributed by atoms with E-state index in [1.807, 2.05) is 0 Å². The van der Waals surface area contributed by atoms with Crippen LogP contribution in [0.3, 0.4) is 0 Å². The monoisotopic (exact) mass is 229 g/mol. The van der Waals surface area contributed by atoms with Gasteiger partial charge in [0.15, 0.2) is 0 Å². The zero-order valence-electron chi connectivity index (χ0n) is 9.59. The molecule has 0 N–H and O–H groups in total. The molecule has 0 heterocycles. The van der Waals surface area contributed by atoms with E-state index >= 15 is 0 Å². The highest BCUT2D eigenvalue weighted by Gasteiger charge is 1.89. The third-order valence-electron chi connectivity index (χ3n) is 2.31. The van der Waals surface area contributed by atoms with E-state index in [1.165, 1.54) is 44.9 Å². The van der Waals surface area contributed by atoms with Crippen LogP contribution in [0.15, 0.2) is 0 Å². The van der Waals surface area contributed by atoms with Gasteiger partial charge in [0.2, 0.25) is 0 Å². The minimum atomic E-state index is -2.19. The lowest BCUT2D eigenvalue weighted by Gasteiger charge is -1.99. The van der Waals surface area contributed by atoms with Gasteiger partial charge in [0.1, 0.15) is 0 Å². The summed E-state index contributed by atoms with van der Waals surface area (Å²) in [6.07, 6.45) is 10.8. The lowest BCUT2D eigenvalue weighted by Crippen LogP contribution is -1.81. The summed E-state index contributed by atoms with van der Waals surface area (Å²) in [5, 5.41) is 2.13. The van der Waals surface area contributed by atoms with Crippen LogP contribution < -0.4 is 0 Å². The fourth-order valence-corrected chi connectivity index (χ4v) is 1.68. The number of hydrogen-bond acceptors (Lipinski definition) is 2. The summed E-state index contributed by atoms with van der Waals surface area (Å²) in [5.41, 5.74) is 0. The Kier molecular flexibility index (Phi) is 11.5. The Hall–Kier alpha value is -0.330.